The van der Waals surface area contributed by atoms with Gasteiger partial charge in [-0.3, -0.25) is 19.5 Å². The van der Waals surface area contributed by atoms with Crippen molar-refractivity contribution < 1.29 is 14.5 Å². The number of nitrogens with zero attached hydrogens (tertiary/aromatic N) is 4. The summed E-state index contributed by atoms with van der Waals surface area (Å²) in [5.74, 6) is -0.517. The van der Waals surface area contributed by atoms with E-state index in [9.17, 15) is 19.7 Å². The summed E-state index contributed by atoms with van der Waals surface area (Å²) in [7, 11) is 0. The van der Waals surface area contributed by atoms with Gasteiger partial charge in [0.05, 0.1) is 33.4 Å². The van der Waals surface area contributed by atoms with Crippen molar-refractivity contribution in [3.8, 4) is 0 Å². The topological polar surface area (TPSA) is 107 Å². The highest BCUT2D eigenvalue weighted by Gasteiger charge is 2.33. The number of allylic oxidation sites excluding steroid dienone is 1. The number of nitro benzene ring substituents is 1. The van der Waals surface area contributed by atoms with Crippen molar-refractivity contribution in [1.82, 2.24) is 4.57 Å². The summed E-state index contributed by atoms with van der Waals surface area (Å²) in [6.07, 6.45) is 1.68. The maximum Gasteiger partial charge on any atom is 0.338 e. The summed E-state index contributed by atoms with van der Waals surface area (Å²) in [6, 6.07) is 11.6. The second-order valence-electron chi connectivity index (χ2n) is 8.89. The quantitative estimate of drug-likeness (QED) is 0.247. The first kappa shape index (κ1) is 27.0. The van der Waals surface area contributed by atoms with Gasteiger partial charge in [0, 0.05) is 36.5 Å². The zero-order valence-corrected chi connectivity index (χ0v) is 22.9. The van der Waals surface area contributed by atoms with Crippen LogP contribution in [0.3, 0.4) is 0 Å². The molecule has 0 unspecified atom stereocenters. The van der Waals surface area contributed by atoms with E-state index in [1.807, 2.05) is 45.0 Å². The normalized spacial score (nSPS) is 15.2. The van der Waals surface area contributed by atoms with Crippen molar-refractivity contribution in [2.45, 2.75) is 40.7 Å². The fraction of sp³-hybridized carbons (Fsp3) is 0.321. The van der Waals surface area contributed by atoms with Gasteiger partial charge >= 0.3 is 5.97 Å². The number of esters is 1. The third kappa shape index (κ3) is 5.04. The number of ether oxygens (including phenoxy) is 1. The standard InChI is InChI=1S/C28H30N4O5S/c1-6-30(7-2)22-14-13-21(32(35)36)15-20(22)16-23-26(33)31-25(19-11-9-17(4)10-12-19)24(27(34)37-8-3)18(5)29-28(31)38-23/h9-16,25H,6-8H2,1-5H3/b23-16+/t25-/m0/s1. The molecule has 4 rings (SSSR count). The Morgan fingerprint density at radius 3 is 2.45 bits per heavy atom. The zero-order chi connectivity index (χ0) is 27.6. The summed E-state index contributed by atoms with van der Waals surface area (Å²) in [6.45, 7) is 11.0. The summed E-state index contributed by atoms with van der Waals surface area (Å²) in [5, 5.41) is 11.5. The minimum absolute atomic E-state index is 0.0575. The molecule has 0 radical (unpaired) electrons. The molecule has 10 heteroatoms. The average molecular weight is 535 g/mol. The number of fused-ring (bicyclic) bond motifs is 1. The first-order valence-corrected chi connectivity index (χ1v) is 13.3. The number of benzene rings is 2. The van der Waals surface area contributed by atoms with E-state index in [1.165, 1.54) is 28.0 Å². The number of aryl methyl sites for hydroxylation is 1. The van der Waals surface area contributed by atoms with E-state index >= 15 is 0 Å². The molecule has 9 nitrogen and oxygen atoms in total. The maximum absolute atomic E-state index is 13.9. The summed E-state index contributed by atoms with van der Waals surface area (Å²) in [5.41, 5.74) is 3.60. The largest absolute Gasteiger partial charge is 0.463 e. The van der Waals surface area contributed by atoms with E-state index in [1.54, 1.807) is 26.0 Å². The SMILES string of the molecule is CCOC(=O)C1=C(C)N=c2s/c(=C/c3cc([N+](=O)[O-])ccc3N(CC)CC)c(=O)n2[C@H]1c1ccc(C)cc1. The number of thiazole rings is 1. The lowest BCUT2D eigenvalue weighted by Crippen LogP contribution is -2.40. The number of rotatable bonds is 8. The van der Waals surface area contributed by atoms with E-state index in [0.29, 0.717) is 39.3 Å². The molecule has 2 heterocycles. The first-order valence-electron chi connectivity index (χ1n) is 12.5. The molecule has 0 aliphatic carbocycles. The summed E-state index contributed by atoms with van der Waals surface area (Å²) < 4.78 is 7.23. The maximum atomic E-state index is 13.9. The van der Waals surface area contributed by atoms with Gasteiger partial charge in [-0.15, -0.1) is 0 Å². The van der Waals surface area contributed by atoms with Gasteiger partial charge in [0.1, 0.15) is 0 Å². The van der Waals surface area contributed by atoms with Crippen molar-refractivity contribution in [2.24, 2.45) is 4.99 Å². The highest BCUT2D eigenvalue weighted by atomic mass is 32.1. The molecule has 1 atom stereocenters. The third-order valence-corrected chi connectivity index (χ3v) is 7.51. The molecule has 0 fully saturated rings. The van der Waals surface area contributed by atoms with E-state index in [2.05, 4.69) is 9.89 Å². The second kappa shape index (κ2) is 11.1. The molecule has 3 aromatic rings. The van der Waals surface area contributed by atoms with Crippen molar-refractivity contribution in [3.63, 3.8) is 0 Å². The van der Waals surface area contributed by atoms with Crippen LogP contribution in [0.1, 0.15) is 50.4 Å². The molecule has 0 N–H and O–H groups in total. The lowest BCUT2D eigenvalue weighted by atomic mass is 9.95. The van der Waals surface area contributed by atoms with Crippen LogP contribution in [0.5, 0.6) is 0 Å². The van der Waals surface area contributed by atoms with Gasteiger partial charge < -0.3 is 9.64 Å². The number of non-ortho nitro benzene ring substituents is 1. The Morgan fingerprint density at radius 1 is 1.16 bits per heavy atom. The monoisotopic (exact) mass is 534 g/mol. The first-order chi connectivity index (χ1) is 18.2. The number of hydrogen-bond acceptors (Lipinski definition) is 8. The molecule has 1 aliphatic rings. The summed E-state index contributed by atoms with van der Waals surface area (Å²) in [4.78, 5) is 45.1. The number of carbonyl (C=O) groups is 1. The van der Waals surface area contributed by atoms with Crippen LogP contribution in [0, 0.1) is 17.0 Å². The van der Waals surface area contributed by atoms with Crippen LogP contribution >= 0.6 is 11.3 Å². The van der Waals surface area contributed by atoms with Gasteiger partial charge in [0.2, 0.25) is 0 Å². The molecule has 2 aromatic carbocycles. The molecule has 1 aromatic heterocycles. The smallest absolute Gasteiger partial charge is 0.338 e. The molecule has 0 amide bonds. The fourth-order valence-electron chi connectivity index (χ4n) is 4.62. The van der Waals surface area contributed by atoms with Crippen LogP contribution in [0.25, 0.3) is 6.08 Å². The molecule has 0 spiro atoms. The molecule has 38 heavy (non-hydrogen) atoms. The van der Waals surface area contributed by atoms with E-state index in [4.69, 9.17) is 4.74 Å². The number of nitro groups is 1. The Morgan fingerprint density at radius 2 is 1.84 bits per heavy atom. The Bertz CT molecular complexity index is 1600. The fourth-order valence-corrected chi connectivity index (χ4v) is 5.66. The Kier molecular flexibility index (Phi) is 7.91. The third-order valence-electron chi connectivity index (χ3n) is 6.52. The summed E-state index contributed by atoms with van der Waals surface area (Å²) >= 11 is 1.19. The van der Waals surface area contributed by atoms with Gasteiger partial charge in [-0.05, 0) is 52.3 Å². The van der Waals surface area contributed by atoms with Crippen LogP contribution in [-0.4, -0.2) is 35.2 Å². The van der Waals surface area contributed by atoms with Crippen LogP contribution in [-0.2, 0) is 9.53 Å². The molecule has 0 saturated carbocycles. The van der Waals surface area contributed by atoms with Crippen molar-refractivity contribution in [1.29, 1.82) is 0 Å². The number of hydrogen-bond donors (Lipinski definition) is 0. The second-order valence-corrected chi connectivity index (χ2v) is 9.89. The molecule has 1 aliphatic heterocycles. The number of aromatic nitrogens is 1. The van der Waals surface area contributed by atoms with Crippen molar-refractivity contribution in [2.75, 3.05) is 24.6 Å². The lowest BCUT2D eigenvalue weighted by molar-refractivity contribution is -0.384. The lowest BCUT2D eigenvalue weighted by Gasteiger charge is -2.24. The Hall–Kier alpha value is -4.05. The molecular weight excluding hydrogens is 504 g/mol. The van der Waals surface area contributed by atoms with E-state index < -0.39 is 16.9 Å². The van der Waals surface area contributed by atoms with Crippen molar-refractivity contribution in [3.05, 3.63) is 100 Å². The van der Waals surface area contributed by atoms with Crippen LogP contribution in [0.4, 0.5) is 11.4 Å². The number of carbonyl (C=O) groups excluding carboxylic acids is 1. The van der Waals surface area contributed by atoms with Crippen molar-refractivity contribution >= 4 is 34.8 Å². The highest BCUT2D eigenvalue weighted by Crippen LogP contribution is 2.31. The van der Waals surface area contributed by atoms with Crippen LogP contribution < -0.4 is 19.8 Å². The average Bonchev–Trinajstić information content (AvgIpc) is 3.19. The predicted octanol–water partition coefficient (Wildman–Crippen LogP) is 3.86. The molecule has 0 saturated heterocycles. The van der Waals surface area contributed by atoms with Gasteiger partial charge in [-0.25, -0.2) is 9.79 Å². The van der Waals surface area contributed by atoms with Gasteiger partial charge in [0.25, 0.3) is 11.2 Å². The van der Waals surface area contributed by atoms with E-state index in [0.717, 1.165) is 16.8 Å². The van der Waals surface area contributed by atoms with E-state index in [-0.39, 0.29) is 17.9 Å². The molecule has 198 valence electrons. The van der Waals surface area contributed by atoms with Crippen LogP contribution in [0.2, 0.25) is 0 Å². The van der Waals surface area contributed by atoms with Crippen LogP contribution in [0.15, 0.2) is 63.5 Å². The van der Waals surface area contributed by atoms with Gasteiger partial charge in [0.15, 0.2) is 4.80 Å². The van der Waals surface area contributed by atoms with Gasteiger partial charge in [-0.1, -0.05) is 41.2 Å². The Balaban J connectivity index is 1.98. The minimum Gasteiger partial charge on any atom is -0.463 e. The number of anilines is 1. The van der Waals surface area contributed by atoms with Gasteiger partial charge in [-0.2, -0.15) is 0 Å². The zero-order valence-electron chi connectivity index (χ0n) is 22.1. The molecule has 0 bridgehead atoms. The highest BCUT2D eigenvalue weighted by molar-refractivity contribution is 7.07. The molecular formula is C28H30N4O5S. The minimum atomic E-state index is -0.708. The predicted molar refractivity (Wildman–Crippen MR) is 148 cm³/mol. The Labute approximate surface area is 224 Å².